The van der Waals surface area contributed by atoms with Crippen LogP contribution in [0, 0.1) is 0 Å². The number of allylic oxidation sites excluding steroid dienone is 1. The number of unbranched alkanes of at least 4 members (excludes halogenated alkanes) is 1. The average molecular weight is 195 g/mol. The van der Waals surface area contributed by atoms with E-state index in [1.807, 2.05) is 5.06 Å². The van der Waals surface area contributed by atoms with Crippen molar-refractivity contribution in [2.75, 3.05) is 13.1 Å². The molecule has 0 spiro atoms. The third-order valence-corrected chi connectivity index (χ3v) is 2.51. The first-order chi connectivity index (χ1) is 6.86. The summed E-state index contributed by atoms with van der Waals surface area (Å²) in [4.78, 5) is 5.72. The first-order valence-electron chi connectivity index (χ1n) is 5.68. The molecular formula is C12H21NO. The fourth-order valence-corrected chi connectivity index (χ4v) is 1.62. The second kappa shape index (κ2) is 6.69. The van der Waals surface area contributed by atoms with E-state index in [0.29, 0.717) is 0 Å². The van der Waals surface area contributed by atoms with Crippen molar-refractivity contribution >= 4 is 0 Å². The molecule has 0 aromatic carbocycles. The minimum Gasteiger partial charge on any atom is -0.402 e. The maximum absolute atomic E-state index is 5.72. The molecule has 0 saturated carbocycles. The van der Waals surface area contributed by atoms with E-state index in [4.69, 9.17) is 4.84 Å². The summed E-state index contributed by atoms with van der Waals surface area (Å²) < 4.78 is 0. The van der Waals surface area contributed by atoms with E-state index in [-0.39, 0.29) is 0 Å². The summed E-state index contributed by atoms with van der Waals surface area (Å²) in [7, 11) is 0. The van der Waals surface area contributed by atoms with Gasteiger partial charge in [-0.25, -0.2) is 0 Å². The Kier molecular flexibility index (Phi) is 5.43. The molecule has 0 unspecified atom stereocenters. The first-order valence-corrected chi connectivity index (χ1v) is 5.68. The van der Waals surface area contributed by atoms with Gasteiger partial charge in [0.1, 0.15) is 0 Å². The number of rotatable bonds is 5. The maximum atomic E-state index is 5.72. The zero-order valence-corrected chi connectivity index (χ0v) is 9.22. The van der Waals surface area contributed by atoms with Crippen molar-refractivity contribution in [3.8, 4) is 0 Å². The van der Waals surface area contributed by atoms with Gasteiger partial charge < -0.3 is 4.84 Å². The lowest BCUT2D eigenvalue weighted by Gasteiger charge is -2.26. The van der Waals surface area contributed by atoms with Crippen molar-refractivity contribution in [1.29, 1.82) is 0 Å². The van der Waals surface area contributed by atoms with E-state index in [9.17, 15) is 0 Å². The zero-order valence-electron chi connectivity index (χ0n) is 9.22. The van der Waals surface area contributed by atoms with E-state index >= 15 is 0 Å². The number of nitrogens with zero attached hydrogens (tertiary/aromatic N) is 1. The second-order valence-electron chi connectivity index (χ2n) is 3.78. The SMILES string of the molecule is C=C=C(CCCC)ON1CCCCC1. The molecule has 2 heteroatoms. The number of piperidine rings is 1. The molecule has 0 aromatic rings. The van der Waals surface area contributed by atoms with Crippen LogP contribution < -0.4 is 0 Å². The Morgan fingerprint density at radius 2 is 2.07 bits per heavy atom. The van der Waals surface area contributed by atoms with Gasteiger partial charge in [0, 0.05) is 19.5 Å². The van der Waals surface area contributed by atoms with Gasteiger partial charge in [-0.2, -0.15) is 0 Å². The molecule has 0 radical (unpaired) electrons. The van der Waals surface area contributed by atoms with E-state index < -0.39 is 0 Å². The predicted octanol–water partition coefficient (Wildman–Crippen LogP) is 3.26. The van der Waals surface area contributed by atoms with Gasteiger partial charge >= 0.3 is 0 Å². The summed E-state index contributed by atoms with van der Waals surface area (Å²) >= 11 is 0. The summed E-state index contributed by atoms with van der Waals surface area (Å²) in [6, 6.07) is 0. The van der Waals surface area contributed by atoms with Crippen molar-refractivity contribution in [1.82, 2.24) is 5.06 Å². The predicted molar refractivity (Wildman–Crippen MR) is 58.7 cm³/mol. The van der Waals surface area contributed by atoms with Crippen LogP contribution in [0.2, 0.25) is 0 Å². The van der Waals surface area contributed by atoms with Crippen LogP contribution in [0.4, 0.5) is 0 Å². The molecular weight excluding hydrogens is 174 g/mol. The Labute approximate surface area is 87.2 Å². The zero-order chi connectivity index (χ0) is 10.2. The Bertz CT molecular complexity index is 200. The average Bonchev–Trinajstić information content (AvgIpc) is 2.25. The topological polar surface area (TPSA) is 12.5 Å². The van der Waals surface area contributed by atoms with Crippen molar-refractivity contribution in [3.05, 3.63) is 18.1 Å². The smallest absolute Gasteiger partial charge is 0.166 e. The Balaban J connectivity index is 2.28. The molecule has 1 saturated heterocycles. The molecule has 14 heavy (non-hydrogen) atoms. The monoisotopic (exact) mass is 195 g/mol. The highest BCUT2D eigenvalue weighted by molar-refractivity contribution is 4.88. The molecule has 0 atom stereocenters. The third-order valence-electron chi connectivity index (χ3n) is 2.51. The molecule has 0 N–H and O–H groups in total. The Morgan fingerprint density at radius 3 is 2.64 bits per heavy atom. The number of hydroxylamine groups is 2. The van der Waals surface area contributed by atoms with Gasteiger partial charge in [-0.3, -0.25) is 0 Å². The summed E-state index contributed by atoms with van der Waals surface area (Å²) in [5.41, 5.74) is 2.89. The fourth-order valence-electron chi connectivity index (χ4n) is 1.62. The summed E-state index contributed by atoms with van der Waals surface area (Å²) in [6.45, 7) is 7.95. The summed E-state index contributed by atoms with van der Waals surface area (Å²) in [6.07, 6.45) is 7.15. The van der Waals surface area contributed by atoms with Gasteiger partial charge in [0.05, 0.1) is 0 Å². The van der Waals surface area contributed by atoms with Gasteiger partial charge in [-0.05, 0) is 19.3 Å². The molecule has 1 aliphatic heterocycles. The van der Waals surface area contributed by atoms with Gasteiger partial charge in [-0.1, -0.05) is 32.1 Å². The standard InChI is InChI=1S/C12H21NO/c1-3-5-9-12(4-2)14-13-10-7-6-8-11-13/h2-3,5-11H2,1H3. The van der Waals surface area contributed by atoms with Crippen LogP contribution in [-0.2, 0) is 4.84 Å². The van der Waals surface area contributed by atoms with Gasteiger partial charge in [0.15, 0.2) is 5.76 Å². The highest BCUT2D eigenvalue weighted by Gasteiger charge is 2.12. The largest absolute Gasteiger partial charge is 0.402 e. The molecule has 80 valence electrons. The van der Waals surface area contributed by atoms with E-state index in [2.05, 4.69) is 19.2 Å². The van der Waals surface area contributed by atoms with Crippen LogP contribution in [-0.4, -0.2) is 18.2 Å². The second-order valence-corrected chi connectivity index (χ2v) is 3.78. The van der Waals surface area contributed by atoms with Crippen LogP contribution in [0.1, 0.15) is 45.4 Å². The molecule has 0 aromatic heterocycles. The molecule has 1 fully saturated rings. The van der Waals surface area contributed by atoms with Crippen molar-refractivity contribution < 1.29 is 4.84 Å². The lowest BCUT2D eigenvalue weighted by molar-refractivity contribution is -0.133. The highest BCUT2D eigenvalue weighted by Crippen LogP contribution is 2.14. The number of hydrogen-bond acceptors (Lipinski definition) is 2. The quantitative estimate of drug-likeness (QED) is 0.493. The van der Waals surface area contributed by atoms with Crippen molar-refractivity contribution in [2.45, 2.75) is 45.4 Å². The number of hydrogen-bond donors (Lipinski definition) is 0. The lowest BCUT2D eigenvalue weighted by atomic mass is 10.2. The van der Waals surface area contributed by atoms with Crippen molar-refractivity contribution in [2.24, 2.45) is 0 Å². The molecule has 0 bridgehead atoms. The van der Waals surface area contributed by atoms with Crippen LogP contribution in [0.15, 0.2) is 18.1 Å². The molecule has 0 aliphatic carbocycles. The van der Waals surface area contributed by atoms with Crippen LogP contribution in [0.25, 0.3) is 0 Å². The van der Waals surface area contributed by atoms with Crippen molar-refractivity contribution in [3.63, 3.8) is 0 Å². The first kappa shape index (κ1) is 11.4. The maximum Gasteiger partial charge on any atom is 0.166 e. The van der Waals surface area contributed by atoms with E-state index in [0.717, 1.165) is 31.7 Å². The minimum atomic E-state index is 0.911. The third kappa shape index (κ3) is 3.99. The molecule has 1 rings (SSSR count). The summed E-state index contributed by atoms with van der Waals surface area (Å²) in [5, 5.41) is 2.05. The molecule has 1 aliphatic rings. The normalized spacial score (nSPS) is 17.5. The fraction of sp³-hybridized carbons (Fsp3) is 0.750. The summed E-state index contributed by atoms with van der Waals surface area (Å²) in [5.74, 6) is 0.911. The minimum absolute atomic E-state index is 0.911. The van der Waals surface area contributed by atoms with E-state index in [1.165, 1.54) is 25.7 Å². The highest BCUT2D eigenvalue weighted by atomic mass is 16.7. The van der Waals surface area contributed by atoms with E-state index in [1.54, 1.807) is 0 Å². The molecule has 1 heterocycles. The van der Waals surface area contributed by atoms with Crippen LogP contribution in [0.5, 0.6) is 0 Å². The van der Waals surface area contributed by atoms with Crippen LogP contribution >= 0.6 is 0 Å². The van der Waals surface area contributed by atoms with Gasteiger partial charge in [0.2, 0.25) is 0 Å². The molecule has 0 amide bonds. The van der Waals surface area contributed by atoms with Gasteiger partial charge in [0.25, 0.3) is 0 Å². The van der Waals surface area contributed by atoms with Crippen LogP contribution in [0.3, 0.4) is 0 Å². The Morgan fingerprint density at radius 1 is 1.36 bits per heavy atom. The van der Waals surface area contributed by atoms with Gasteiger partial charge in [-0.15, -0.1) is 5.06 Å². The molecule has 2 nitrogen and oxygen atoms in total. The Hall–Kier alpha value is -0.720. The lowest BCUT2D eigenvalue weighted by Crippen LogP contribution is -2.29.